The van der Waals surface area contributed by atoms with Crippen molar-refractivity contribution in [2.45, 2.75) is 50.1 Å². The van der Waals surface area contributed by atoms with Crippen molar-refractivity contribution < 1.29 is 0 Å². The number of benzene rings is 1. The van der Waals surface area contributed by atoms with Crippen molar-refractivity contribution in [3.05, 3.63) is 59.7 Å². The zero-order valence-corrected chi connectivity index (χ0v) is 12.3. The minimum absolute atomic E-state index is 0.0592. The van der Waals surface area contributed by atoms with Crippen LogP contribution in [-0.4, -0.2) is 16.0 Å². The molecule has 1 N–H and O–H groups in total. The van der Waals surface area contributed by atoms with E-state index in [2.05, 4.69) is 35.6 Å². The summed E-state index contributed by atoms with van der Waals surface area (Å²) < 4.78 is 0. The first-order chi connectivity index (χ1) is 10.4. The van der Waals surface area contributed by atoms with Crippen molar-refractivity contribution >= 4 is 0 Å². The Morgan fingerprint density at radius 2 is 1.76 bits per heavy atom. The van der Waals surface area contributed by atoms with Crippen molar-refractivity contribution in [3.8, 4) is 0 Å². The lowest BCUT2D eigenvalue weighted by Gasteiger charge is -2.40. The number of hydrogen-bond donors (Lipinski definition) is 1. The summed E-state index contributed by atoms with van der Waals surface area (Å²) in [6.45, 7) is 0.892. The fourth-order valence-corrected chi connectivity index (χ4v) is 3.17. The number of nitrogens with zero attached hydrogens (tertiary/aromatic N) is 2. The highest BCUT2D eigenvalue weighted by Crippen LogP contribution is 2.47. The van der Waals surface area contributed by atoms with E-state index in [0.29, 0.717) is 0 Å². The Bertz CT molecular complexity index is 598. The molecule has 0 spiro atoms. The van der Waals surface area contributed by atoms with Crippen LogP contribution in [0.1, 0.15) is 49.1 Å². The van der Waals surface area contributed by atoms with Crippen LogP contribution in [0, 0.1) is 0 Å². The average Bonchev–Trinajstić information content (AvgIpc) is 3.31. The Balaban J connectivity index is 1.56. The zero-order valence-electron chi connectivity index (χ0n) is 12.3. The highest BCUT2D eigenvalue weighted by molar-refractivity contribution is 5.35. The quantitative estimate of drug-likeness (QED) is 0.913. The van der Waals surface area contributed by atoms with Gasteiger partial charge in [0.15, 0.2) is 0 Å². The van der Waals surface area contributed by atoms with Gasteiger partial charge in [-0.05, 0) is 31.2 Å². The summed E-state index contributed by atoms with van der Waals surface area (Å²) in [7, 11) is 0. The molecule has 2 aliphatic rings. The molecule has 0 amide bonds. The van der Waals surface area contributed by atoms with Crippen molar-refractivity contribution in [1.29, 1.82) is 0 Å². The maximum absolute atomic E-state index is 4.70. The van der Waals surface area contributed by atoms with Crippen LogP contribution in [0.4, 0.5) is 0 Å². The third kappa shape index (κ3) is 2.46. The van der Waals surface area contributed by atoms with Gasteiger partial charge in [-0.15, -0.1) is 0 Å². The average molecular weight is 279 g/mol. The first-order valence-electron chi connectivity index (χ1n) is 7.97. The van der Waals surface area contributed by atoms with E-state index in [-0.39, 0.29) is 5.41 Å². The molecular formula is C18H21N3. The molecule has 2 aromatic rings. The predicted octanol–water partition coefficient (Wildman–Crippen LogP) is 3.20. The monoisotopic (exact) mass is 279 g/mol. The third-order valence-electron chi connectivity index (χ3n) is 4.84. The summed E-state index contributed by atoms with van der Waals surface area (Å²) in [5.41, 5.74) is 2.61. The van der Waals surface area contributed by atoms with Crippen LogP contribution in [0.15, 0.2) is 42.7 Å². The predicted molar refractivity (Wildman–Crippen MR) is 83.0 cm³/mol. The van der Waals surface area contributed by atoms with Crippen LogP contribution in [0.25, 0.3) is 0 Å². The molecule has 1 aromatic heterocycles. The van der Waals surface area contributed by atoms with Crippen LogP contribution in [0.3, 0.4) is 0 Å². The summed E-state index contributed by atoms with van der Waals surface area (Å²) in [5, 5.41) is 3.51. The Kier molecular flexibility index (Phi) is 3.23. The fourth-order valence-electron chi connectivity index (χ4n) is 3.17. The van der Waals surface area contributed by atoms with Gasteiger partial charge in [0.2, 0.25) is 0 Å². The highest BCUT2D eigenvalue weighted by Gasteiger charge is 2.42. The second-order valence-corrected chi connectivity index (χ2v) is 6.37. The molecule has 21 heavy (non-hydrogen) atoms. The van der Waals surface area contributed by atoms with Gasteiger partial charge >= 0.3 is 0 Å². The number of hydrogen-bond acceptors (Lipinski definition) is 3. The van der Waals surface area contributed by atoms with E-state index in [0.717, 1.165) is 31.3 Å². The molecule has 0 unspecified atom stereocenters. The topological polar surface area (TPSA) is 37.8 Å². The summed E-state index contributed by atoms with van der Waals surface area (Å²) in [4.78, 5) is 9.39. The molecule has 0 radical (unpaired) electrons. The number of nitrogens with one attached hydrogen (secondary N) is 1. The Morgan fingerprint density at radius 3 is 2.33 bits per heavy atom. The molecule has 4 rings (SSSR count). The van der Waals surface area contributed by atoms with Gasteiger partial charge in [-0.3, -0.25) is 0 Å². The molecule has 2 aliphatic carbocycles. The molecule has 3 nitrogen and oxygen atoms in total. The number of aromatic nitrogens is 2. The van der Waals surface area contributed by atoms with E-state index in [1.54, 1.807) is 0 Å². The normalized spacial score (nSPS) is 20.0. The van der Waals surface area contributed by atoms with Gasteiger partial charge in [-0.2, -0.15) is 0 Å². The van der Waals surface area contributed by atoms with Crippen molar-refractivity contribution in [2.75, 3.05) is 0 Å². The standard InChI is InChI=1S/C18H21N3/c1-2-5-15(6-3-1)18(9-4-10-18)17-20-12-14(13-21-17)11-19-16-7-8-16/h1-3,5-6,12-13,16,19H,4,7-11H2. The lowest BCUT2D eigenvalue weighted by molar-refractivity contribution is 0.285. The molecule has 2 saturated carbocycles. The second kappa shape index (κ2) is 5.23. The van der Waals surface area contributed by atoms with Gasteiger partial charge < -0.3 is 5.32 Å². The number of rotatable bonds is 5. The van der Waals surface area contributed by atoms with E-state index in [9.17, 15) is 0 Å². The molecule has 3 heteroatoms. The molecular weight excluding hydrogens is 258 g/mol. The maximum Gasteiger partial charge on any atom is 0.138 e. The van der Waals surface area contributed by atoms with E-state index in [1.807, 2.05) is 12.4 Å². The minimum atomic E-state index is 0.0592. The lowest BCUT2D eigenvalue weighted by Crippen LogP contribution is -2.37. The van der Waals surface area contributed by atoms with Gasteiger partial charge in [0.1, 0.15) is 5.82 Å². The lowest BCUT2D eigenvalue weighted by atomic mass is 9.64. The Hall–Kier alpha value is -1.74. The molecule has 0 saturated heterocycles. The second-order valence-electron chi connectivity index (χ2n) is 6.37. The first kappa shape index (κ1) is 13.0. The van der Waals surface area contributed by atoms with Crippen molar-refractivity contribution in [1.82, 2.24) is 15.3 Å². The maximum atomic E-state index is 4.70. The third-order valence-corrected chi connectivity index (χ3v) is 4.84. The SMILES string of the molecule is c1ccc(C2(c3ncc(CNC4CC4)cn3)CCC2)cc1. The highest BCUT2D eigenvalue weighted by atomic mass is 15.0. The van der Waals surface area contributed by atoms with Crippen LogP contribution in [0.2, 0.25) is 0 Å². The molecule has 1 aromatic carbocycles. The first-order valence-corrected chi connectivity index (χ1v) is 7.97. The van der Waals surface area contributed by atoms with Gasteiger partial charge in [0, 0.05) is 30.5 Å². The van der Waals surface area contributed by atoms with Crippen LogP contribution in [-0.2, 0) is 12.0 Å². The molecule has 1 heterocycles. The molecule has 0 atom stereocenters. The van der Waals surface area contributed by atoms with E-state index >= 15 is 0 Å². The molecule has 2 fully saturated rings. The van der Waals surface area contributed by atoms with E-state index in [1.165, 1.54) is 30.4 Å². The van der Waals surface area contributed by atoms with Crippen molar-refractivity contribution in [2.24, 2.45) is 0 Å². The minimum Gasteiger partial charge on any atom is -0.310 e. The summed E-state index contributed by atoms with van der Waals surface area (Å²) in [6.07, 6.45) is 10.2. The van der Waals surface area contributed by atoms with Crippen LogP contribution in [0.5, 0.6) is 0 Å². The van der Waals surface area contributed by atoms with E-state index < -0.39 is 0 Å². The molecule has 0 bridgehead atoms. The molecule has 108 valence electrons. The zero-order chi connectivity index (χ0) is 14.1. The van der Waals surface area contributed by atoms with E-state index in [4.69, 9.17) is 9.97 Å². The Labute approximate surface area is 125 Å². The van der Waals surface area contributed by atoms with Gasteiger partial charge in [-0.1, -0.05) is 36.8 Å². The Morgan fingerprint density at radius 1 is 1.05 bits per heavy atom. The summed E-state index contributed by atoms with van der Waals surface area (Å²) in [5.74, 6) is 0.995. The smallest absolute Gasteiger partial charge is 0.138 e. The largest absolute Gasteiger partial charge is 0.310 e. The van der Waals surface area contributed by atoms with Crippen LogP contribution < -0.4 is 5.32 Å². The van der Waals surface area contributed by atoms with Gasteiger partial charge in [-0.25, -0.2) is 9.97 Å². The summed E-state index contributed by atoms with van der Waals surface area (Å²) in [6, 6.07) is 11.5. The fraction of sp³-hybridized carbons (Fsp3) is 0.444. The molecule has 0 aliphatic heterocycles. The van der Waals surface area contributed by atoms with Gasteiger partial charge in [0.25, 0.3) is 0 Å². The van der Waals surface area contributed by atoms with Crippen molar-refractivity contribution in [3.63, 3.8) is 0 Å². The summed E-state index contributed by atoms with van der Waals surface area (Å²) >= 11 is 0. The van der Waals surface area contributed by atoms with Crippen LogP contribution >= 0.6 is 0 Å². The van der Waals surface area contributed by atoms with Gasteiger partial charge in [0.05, 0.1) is 5.41 Å².